The molecule has 3 rings (SSSR count). The van der Waals surface area contributed by atoms with Gasteiger partial charge in [-0.15, -0.1) is 0 Å². The summed E-state index contributed by atoms with van der Waals surface area (Å²) >= 11 is 0. The molecule has 0 saturated carbocycles. The van der Waals surface area contributed by atoms with Gasteiger partial charge in [0.2, 0.25) is 6.29 Å². The van der Waals surface area contributed by atoms with Crippen LogP contribution in [0.5, 0.6) is 0 Å². The van der Waals surface area contributed by atoms with Gasteiger partial charge in [0.1, 0.15) is 6.04 Å². The molecule has 0 saturated heterocycles. The van der Waals surface area contributed by atoms with Gasteiger partial charge in [-0.25, -0.2) is 4.79 Å². The first-order valence-electron chi connectivity index (χ1n) is 12.6. The first-order chi connectivity index (χ1) is 17.2. The van der Waals surface area contributed by atoms with E-state index < -0.39 is 24.4 Å². The molecule has 0 aliphatic rings. The topological polar surface area (TPSA) is 81.9 Å². The van der Waals surface area contributed by atoms with Crippen LogP contribution >= 0.6 is 0 Å². The minimum atomic E-state index is -1.05. The van der Waals surface area contributed by atoms with Gasteiger partial charge < -0.3 is 20.1 Å². The summed E-state index contributed by atoms with van der Waals surface area (Å²) in [6.07, 6.45) is 0.0218. The van der Waals surface area contributed by atoms with E-state index in [9.17, 15) is 9.59 Å². The average molecular weight is 491 g/mol. The van der Waals surface area contributed by atoms with E-state index in [4.69, 9.17) is 15.2 Å². The molecule has 3 atom stereocenters. The molecule has 0 bridgehead atoms. The van der Waals surface area contributed by atoms with Crippen LogP contribution in [0.2, 0.25) is 0 Å². The van der Waals surface area contributed by atoms with Gasteiger partial charge in [-0.2, -0.15) is 0 Å². The molecular formula is C30H38N2O4. The molecule has 36 heavy (non-hydrogen) atoms. The standard InChI is InChI=1S/C30H38N2O4/c1-20(2)28(31)29(33)35-23(5)36-30(34)32(18-10-13-24-12-8-11-21(3)19-24)22(4)26-17-9-15-25-14-6-7-16-27(25)26/h6-9,11-12,14-17,19-20,22-23,28H,10,13,18,31H2,1-5H3/t22-,23?,28?/m1/s1. The molecular weight excluding hydrogens is 452 g/mol. The summed E-state index contributed by atoms with van der Waals surface area (Å²) in [4.78, 5) is 27.3. The Bertz CT molecular complexity index is 1170. The van der Waals surface area contributed by atoms with Crippen LogP contribution in [0.25, 0.3) is 10.8 Å². The zero-order valence-corrected chi connectivity index (χ0v) is 21.9. The Morgan fingerprint density at radius 2 is 1.61 bits per heavy atom. The molecule has 6 nitrogen and oxygen atoms in total. The molecule has 1 amide bonds. The van der Waals surface area contributed by atoms with Gasteiger partial charge in [-0.1, -0.05) is 86.1 Å². The van der Waals surface area contributed by atoms with Gasteiger partial charge in [0, 0.05) is 13.5 Å². The second-order valence-corrected chi connectivity index (χ2v) is 9.69. The predicted octanol–water partition coefficient (Wildman–Crippen LogP) is 6.15. The van der Waals surface area contributed by atoms with E-state index in [0.29, 0.717) is 6.54 Å². The van der Waals surface area contributed by atoms with Gasteiger partial charge in [-0.3, -0.25) is 4.79 Å². The third-order valence-corrected chi connectivity index (χ3v) is 6.46. The second-order valence-electron chi connectivity index (χ2n) is 9.69. The number of hydrogen-bond acceptors (Lipinski definition) is 5. The maximum absolute atomic E-state index is 13.4. The van der Waals surface area contributed by atoms with E-state index in [2.05, 4.69) is 43.3 Å². The first kappa shape index (κ1) is 27.2. The van der Waals surface area contributed by atoms with Crippen molar-refractivity contribution in [2.75, 3.05) is 6.54 Å². The van der Waals surface area contributed by atoms with E-state index >= 15 is 0 Å². The highest BCUT2D eigenvalue weighted by atomic mass is 16.7. The Morgan fingerprint density at radius 1 is 0.917 bits per heavy atom. The van der Waals surface area contributed by atoms with Crippen molar-refractivity contribution in [1.29, 1.82) is 0 Å². The van der Waals surface area contributed by atoms with Gasteiger partial charge in [-0.05, 0) is 54.5 Å². The van der Waals surface area contributed by atoms with Gasteiger partial charge in [0.25, 0.3) is 0 Å². The van der Waals surface area contributed by atoms with Crippen molar-refractivity contribution < 1.29 is 19.1 Å². The minimum absolute atomic E-state index is 0.0788. The first-order valence-corrected chi connectivity index (χ1v) is 12.6. The maximum atomic E-state index is 13.4. The minimum Gasteiger partial charge on any atom is -0.424 e. The van der Waals surface area contributed by atoms with E-state index in [1.165, 1.54) is 18.1 Å². The number of esters is 1. The van der Waals surface area contributed by atoms with Crippen molar-refractivity contribution in [3.8, 4) is 0 Å². The molecule has 2 unspecified atom stereocenters. The summed E-state index contributed by atoms with van der Waals surface area (Å²) in [5.41, 5.74) is 9.36. The number of carbonyl (C=O) groups excluding carboxylic acids is 2. The van der Waals surface area contributed by atoms with Crippen LogP contribution in [0.3, 0.4) is 0 Å². The molecule has 0 aromatic heterocycles. The van der Waals surface area contributed by atoms with Crippen LogP contribution in [0, 0.1) is 12.8 Å². The van der Waals surface area contributed by atoms with E-state index in [0.717, 1.165) is 29.2 Å². The number of carbonyl (C=O) groups is 2. The number of nitrogens with two attached hydrogens (primary N) is 1. The maximum Gasteiger partial charge on any atom is 0.413 e. The highest BCUT2D eigenvalue weighted by Crippen LogP contribution is 2.29. The Kier molecular flexibility index (Phi) is 9.48. The van der Waals surface area contributed by atoms with Crippen molar-refractivity contribution in [2.24, 2.45) is 11.7 Å². The summed E-state index contributed by atoms with van der Waals surface area (Å²) in [7, 11) is 0. The summed E-state index contributed by atoms with van der Waals surface area (Å²) in [5, 5.41) is 2.20. The van der Waals surface area contributed by atoms with Crippen LogP contribution in [0.1, 0.15) is 56.8 Å². The van der Waals surface area contributed by atoms with Crippen LogP contribution in [-0.4, -0.2) is 35.8 Å². The van der Waals surface area contributed by atoms with Crippen LogP contribution in [0.4, 0.5) is 4.79 Å². The third kappa shape index (κ3) is 7.08. The predicted molar refractivity (Wildman–Crippen MR) is 143 cm³/mol. The number of benzene rings is 3. The summed E-state index contributed by atoms with van der Waals surface area (Å²) in [6.45, 7) is 9.78. The number of hydrogen-bond donors (Lipinski definition) is 1. The fourth-order valence-corrected chi connectivity index (χ4v) is 4.29. The molecule has 0 aliphatic carbocycles. The average Bonchev–Trinajstić information content (AvgIpc) is 2.85. The lowest BCUT2D eigenvalue weighted by Gasteiger charge is -2.31. The SMILES string of the molecule is Cc1cccc(CCCN(C(=O)OC(C)OC(=O)C(N)C(C)C)[C@H](C)c2cccc3ccccc23)c1. The fraction of sp³-hybridized carbons (Fsp3) is 0.400. The lowest BCUT2D eigenvalue weighted by molar-refractivity contribution is -0.169. The van der Waals surface area contributed by atoms with Crippen molar-refractivity contribution in [2.45, 2.75) is 65.8 Å². The summed E-state index contributed by atoms with van der Waals surface area (Å²) in [5.74, 6) is -0.664. The Labute approximate surface area is 214 Å². The smallest absolute Gasteiger partial charge is 0.413 e. The highest BCUT2D eigenvalue weighted by molar-refractivity contribution is 5.86. The monoisotopic (exact) mass is 490 g/mol. The number of nitrogens with zero attached hydrogens (tertiary/aromatic N) is 1. The number of rotatable bonds is 10. The number of aryl methyl sites for hydroxylation is 2. The Morgan fingerprint density at radius 3 is 2.33 bits per heavy atom. The molecule has 0 aliphatic heterocycles. The molecule has 3 aromatic carbocycles. The van der Waals surface area contributed by atoms with Crippen LogP contribution in [0.15, 0.2) is 66.7 Å². The number of fused-ring (bicyclic) bond motifs is 1. The van der Waals surface area contributed by atoms with E-state index in [1.807, 2.05) is 51.1 Å². The Balaban J connectivity index is 1.78. The van der Waals surface area contributed by atoms with Crippen molar-refractivity contribution in [3.63, 3.8) is 0 Å². The normalized spacial score (nSPS) is 13.8. The molecule has 0 spiro atoms. The summed E-state index contributed by atoms with van der Waals surface area (Å²) < 4.78 is 10.9. The van der Waals surface area contributed by atoms with Crippen molar-refractivity contribution in [1.82, 2.24) is 4.90 Å². The van der Waals surface area contributed by atoms with E-state index in [1.54, 1.807) is 4.90 Å². The zero-order valence-electron chi connectivity index (χ0n) is 21.9. The molecule has 192 valence electrons. The van der Waals surface area contributed by atoms with E-state index in [-0.39, 0.29) is 12.0 Å². The lowest BCUT2D eigenvalue weighted by Crippen LogP contribution is -2.41. The molecule has 0 heterocycles. The number of ether oxygens (including phenoxy) is 2. The van der Waals surface area contributed by atoms with Gasteiger partial charge in [0.05, 0.1) is 6.04 Å². The summed E-state index contributed by atoms with van der Waals surface area (Å²) in [6, 6.07) is 21.6. The molecule has 0 radical (unpaired) electrons. The molecule has 6 heteroatoms. The molecule has 0 fully saturated rings. The van der Waals surface area contributed by atoms with Crippen LogP contribution in [-0.2, 0) is 20.7 Å². The Hall–Kier alpha value is -3.38. The largest absolute Gasteiger partial charge is 0.424 e. The highest BCUT2D eigenvalue weighted by Gasteiger charge is 2.28. The fourth-order valence-electron chi connectivity index (χ4n) is 4.29. The lowest BCUT2D eigenvalue weighted by atomic mass is 9.98. The second kappa shape index (κ2) is 12.5. The zero-order chi connectivity index (χ0) is 26.2. The van der Waals surface area contributed by atoms with Crippen molar-refractivity contribution in [3.05, 3.63) is 83.4 Å². The molecule has 2 N–H and O–H groups in total. The quantitative estimate of drug-likeness (QED) is 0.272. The number of amides is 1. The van der Waals surface area contributed by atoms with Crippen LogP contribution < -0.4 is 5.73 Å². The van der Waals surface area contributed by atoms with Gasteiger partial charge >= 0.3 is 12.1 Å². The molecule has 3 aromatic rings. The van der Waals surface area contributed by atoms with Crippen molar-refractivity contribution >= 4 is 22.8 Å². The van der Waals surface area contributed by atoms with Gasteiger partial charge in [0.15, 0.2) is 0 Å². The third-order valence-electron chi connectivity index (χ3n) is 6.46.